The van der Waals surface area contributed by atoms with Gasteiger partial charge >= 0.3 is 0 Å². The van der Waals surface area contributed by atoms with Crippen LogP contribution in [0.5, 0.6) is 0 Å². The normalized spacial score (nSPS) is 20.4. The molecule has 0 unspecified atom stereocenters. The van der Waals surface area contributed by atoms with Gasteiger partial charge in [0.25, 0.3) is 0 Å². The van der Waals surface area contributed by atoms with Crippen molar-refractivity contribution in [1.29, 1.82) is 0 Å². The maximum atomic E-state index is 5.51. The van der Waals surface area contributed by atoms with Crippen LogP contribution in [0.2, 0.25) is 0 Å². The summed E-state index contributed by atoms with van der Waals surface area (Å²) in [4.78, 5) is 0. The molecule has 1 aliphatic heterocycles. The number of thiocarbonyl (C=S) groups is 1. The van der Waals surface area contributed by atoms with Crippen LogP contribution in [0, 0.1) is 0 Å². The van der Waals surface area contributed by atoms with Crippen molar-refractivity contribution in [2.75, 3.05) is 5.32 Å². The standard InChI is InChI=1S/C18H29N3S/c1-6-13-8-7-9-14(10-13)19-16(22)20-15-11-17(2,3)21-18(4,5)12-15/h7-10,15,21H,6,11-12H2,1-5H3,(H2,19,20,22)/p+1. The maximum Gasteiger partial charge on any atom is 0.171 e. The van der Waals surface area contributed by atoms with Gasteiger partial charge in [0.05, 0.1) is 11.1 Å². The molecule has 0 spiro atoms. The zero-order valence-corrected chi connectivity index (χ0v) is 15.3. The second-order valence-electron chi connectivity index (χ2n) is 7.88. The molecule has 1 fully saturated rings. The molecule has 0 aliphatic carbocycles. The van der Waals surface area contributed by atoms with Crippen LogP contribution < -0.4 is 16.0 Å². The Bertz CT molecular complexity index is 521. The predicted molar refractivity (Wildman–Crippen MR) is 98.3 cm³/mol. The first-order valence-electron chi connectivity index (χ1n) is 8.23. The molecule has 22 heavy (non-hydrogen) atoms. The number of rotatable bonds is 3. The lowest BCUT2D eigenvalue weighted by molar-refractivity contribution is -0.787. The molecular formula is C18H30N3S+. The van der Waals surface area contributed by atoms with Gasteiger partial charge in [-0.3, -0.25) is 0 Å². The van der Waals surface area contributed by atoms with Crippen molar-refractivity contribution in [2.24, 2.45) is 0 Å². The molecule has 1 aromatic rings. The van der Waals surface area contributed by atoms with Gasteiger partial charge in [-0.1, -0.05) is 19.1 Å². The molecule has 0 radical (unpaired) electrons. The first kappa shape index (κ1) is 17.2. The number of piperidine rings is 1. The summed E-state index contributed by atoms with van der Waals surface area (Å²) < 4.78 is 0. The highest BCUT2D eigenvalue weighted by atomic mass is 32.1. The van der Waals surface area contributed by atoms with E-state index in [2.05, 4.69) is 74.8 Å². The summed E-state index contributed by atoms with van der Waals surface area (Å²) in [5.41, 5.74) is 2.88. The molecular weight excluding hydrogens is 290 g/mol. The van der Waals surface area contributed by atoms with Crippen LogP contribution in [0.15, 0.2) is 24.3 Å². The first-order valence-corrected chi connectivity index (χ1v) is 8.63. The van der Waals surface area contributed by atoms with Crippen LogP contribution in [-0.2, 0) is 6.42 Å². The maximum absolute atomic E-state index is 5.51. The summed E-state index contributed by atoms with van der Waals surface area (Å²) in [6.07, 6.45) is 3.27. The van der Waals surface area contributed by atoms with Gasteiger partial charge in [-0.25, -0.2) is 0 Å². The number of nitrogens with one attached hydrogen (secondary N) is 2. The van der Waals surface area contributed by atoms with E-state index in [-0.39, 0.29) is 11.1 Å². The smallest absolute Gasteiger partial charge is 0.171 e. The van der Waals surface area contributed by atoms with Gasteiger partial charge in [-0.2, -0.15) is 0 Å². The predicted octanol–water partition coefficient (Wildman–Crippen LogP) is 2.82. The number of anilines is 1. The topological polar surface area (TPSA) is 40.7 Å². The van der Waals surface area contributed by atoms with Crippen molar-refractivity contribution in [3.8, 4) is 0 Å². The van der Waals surface area contributed by atoms with E-state index in [4.69, 9.17) is 12.2 Å². The monoisotopic (exact) mass is 320 g/mol. The molecule has 1 saturated heterocycles. The number of hydrogen-bond donors (Lipinski definition) is 3. The molecule has 2 rings (SSSR count). The average molecular weight is 321 g/mol. The molecule has 0 amide bonds. The highest BCUT2D eigenvalue weighted by molar-refractivity contribution is 7.80. The van der Waals surface area contributed by atoms with Crippen LogP contribution in [0.25, 0.3) is 0 Å². The minimum absolute atomic E-state index is 0.247. The van der Waals surface area contributed by atoms with E-state index < -0.39 is 0 Å². The fourth-order valence-corrected chi connectivity index (χ4v) is 4.13. The van der Waals surface area contributed by atoms with Gasteiger partial charge < -0.3 is 16.0 Å². The van der Waals surface area contributed by atoms with E-state index >= 15 is 0 Å². The first-order chi connectivity index (χ1) is 10.2. The third kappa shape index (κ3) is 4.96. The Hall–Kier alpha value is -1.13. The Morgan fingerprint density at radius 1 is 1.23 bits per heavy atom. The molecule has 0 aromatic heterocycles. The number of benzene rings is 1. The van der Waals surface area contributed by atoms with E-state index in [1.165, 1.54) is 5.56 Å². The van der Waals surface area contributed by atoms with Crippen molar-refractivity contribution in [3.05, 3.63) is 29.8 Å². The second kappa shape index (κ2) is 6.55. The van der Waals surface area contributed by atoms with Gasteiger partial charge in [0.1, 0.15) is 0 Å². The van der Waals surface area contributed by atoms with Crippen LogP contribution in [0.3, 0.4) is 0 Å². The van der Waals surface area contributed by atoms with Crippen LogP contribution >= 0.6 is 12.2 Å². The molecule has 0 atom stereocenters. The van der Waals surface area contributed by atoms with E-state index in [1.807, 2.05) is 0 Å². The van der Waals surface area contributed by atoms with E-state index in [0.717, 1.165) is 30.1 Å². The van der Waals surface area contributed by atoms with Gasteiger partial charge in [0, 0.05) is 24.6 Å². The van der Waals surface area contributed by atoms with Crippen molar-refractivity contribution < 1.29 is 5.32 Å². The fraction of sp³-hybridized carbons (Fsp3) is 0.611. The lowest BCUT2D eigenvalue weighted by Crippen LogP contribution is -3.06. The van der Waals surface area contributed by atoms with Crippen molar-refractivity contribution >= 4 is 23.0 Å². The minimum atomic E-state index is 0.247. The third-order valence-corrected chi connectivity index (χ3v) is 4.47. The molecule has 3 nitrogen and oxygen atoms in total. The van der Waals surface area contributed by atoms with Crippen molar-refractivity contribution in [1.82, 2.24) is 5.32 Å². The van der Waals surface area contributed by atoms with Crippen molar-refractivity contribution in [3.63, 3.8) is 0 Å². The molecule has 4 N–H and O–H groups in total. The average Bonchev–Trinajstić information content (AvgIpc) is 2.34. The second-order valence-corrected chi connectivity index (χ2v) is 8.29. The van der Waals surface area contributed by atoms with Gasteiger partial charge in [-0.05, 0) is 64.0 Å². The molecule has 122 valence electrons. The van der Waals surface area contributed by atoms with Crippen LogP contribution in [0.4, 0.5) is 5.69 Å². The summed E-state index contributed by atoms with van der Waals surface area (Å²) in [6, 6.07) is 8.87. The molecule has 1 aromatic carbocycles. The van der Waals surface area contributed by atoms with Gasteiger partial charge in [0.15, 0.2) is 5.11 Å². The zero-order valence-electron chi connectivity index (χ0n) is 14.5. The summed E-state index contributed by atoms with van der Waals surface area (Å²) in [5, 5.41) is 10.1. The number of aryl methyl sites for hydroxylation is 1. The molecule has 4 heteroatoms. The molecule has 1 heterocycles. The number of quaternary nitrogens is 1. The Labute approximate surface area is 140 Å². The van der Waals surface area contributed by atoms with Crippen LogP contribution in [0.1, 0.15) is 53.0 Å². The third-order valence-electron chi connectivity index (χ3n) is 4.25. The minimum Gasteiger partial charge on any atom is -0.359 e. The Kier molecular flexibility index (Phi) is 5.13. The van der Waals surface area contributed by atoms with Gasteiger partial charge in [-0.15, -0.1) is 0 Å². The summed E-state index contributed by atoms with van der Waals surface area (Å²) in [7, 11) is 0. The summed E-state index contributed by atoms with van der Waals surface area (Å²) in [6.45, 7) is 11.4. The summed E-state index contributed by atoms with van der Waals surface area (Å²) >= 11 is 5.51. The fourth-order valence-electron chi connectivity index (χ4n) is 3.84. The highest BCUT2D eigenvalue weighted by Crippen LogP contribution is 2.22. The van der Waals surface area contributed by atoms with Crippen molar-refractivity contribution in [2.45, 2.75) is 71.0 Å². The summed E-state index contributed by atoms with van der Waals surface area (Å²) in [5.74, 6) is 0. The van der Waals surface area contributed by atoms with Gasteiger partial charge in [0.2, 0.25) is 0 Å². The molecule has 1 aliphatic rings. The Morgan fingerprint density at radius 2 is 1.86 bits per heavy atom. The quantitative estimate of drug-likeness (QED) is 0.750. The van der Waals surface area contributed by atoms with E-state index in [1.54, 1.807) is 0 Å². The SMILES string of the molecule is CCc1cccc(NC(=S)NC2CC(C)(C)[NH2+]C(C)(C)C2)c1. The molecule has 0 saturated carbocycles. The van der Waals surface area contributed by atoms with E-state index in [9.17, 15) is 0 Å². The Morgan fingerprint density at radius 3 is 2.45 bits per heavy atom. The number of nitrogens with two attached hydrogens (primary N) is 1. The molecule has 0 bridgehead atoms. The number of hydrogen-bond acceptors (Lipinski definition) is 1. The van der Waals surface area contributed by atoms with E-state index in [0.29, 0.717) is 6.04 Å². The van der Waals surface area contributed by atoms with Crippen LogP contribution in [-0.4, -0.2) is 22.2 Å². The largest absolute Gasteiger partial charge is 0.359 e. The Balaban J connectivity index is 1.96. The zero-order chi connectivity index (χ0) is 16.4. The lowest BCUT2D eigenvalue weighted by Gasteiger charge is -2.43. The highest BCUT2D eigenvalue weighted by Gasteiger charge is 2.41. The lowest BCUT2D eigenvalue weighted by atomic mass is 9.80.